The Morgan fingerprint density at radius 1 is 1.30 bits per heavy atom. The number of benzene rings is 1. The van der Waals surface area contributed by atoms with Crippen molar-refractivity contribution < 1.29 is 18.1 Å². The van der Waals surface area contributed by atoms with Crippen molar-refractivity contribution in [1.29, 1.82) is 0 Å². The Morgan fingerprint density at radius 2 is 1.96 bits per heavy atom. The van der Waals surface area contributed by atoms with Crippen LogP contribution < -0.4 is 4.72 Å². The number of aromatic nitrogens is 2. The number of nitrogens with one attached hydrogen (secondary N) is 1. The molecule has 0 radical (unpaired) electrons. The summed E-state index contributed by atoms with van der Waals surface area (Å²) in [4.78, 5) is 21.9. The molecule has 0 aliphatic heterocycles. The third kappa shape index (κ3) is 3.37. The first-order valence-electron chi connectivity index (χ1n) is 6.44. The van der Waals surface area contributed by atoms with Gasteiger partial charge in [-0.3, -0.25) is 19.6 Å². The number of sulfonamides is 1. The number of amides is 1. The van der Waals surface area contributed by atoms with Gasteiger partial charge in [-0.25, -0.2) is 13.1 Å². The summed E-state index contributed by atoms with van der Waals surface area (Å²) in [5.74, 6) is -0.869. The van der Waals surface area contributed by atoms with E-state index in [4.69, 9.17) is 0 Å². The molecule has 9 nitrogen and oxygen atoms in total. The second kappa shape index (κ2) is 5.80. The smallest absolute Gasteiger partial charge is 0.272 e. The lowest BCUT2D eigenvalue weighted by atomic mass is 10.2. The summed E-state index contributed by atoms with van der Waals surface area (Å²) in [5.41, 5.74) is 0.594. The Balaban J connectivity index is 2.32. The van der Waals surface area contributed by atoms with Crippen LogP contribution >= 0.6 is 0 Å². The highest BCUT2D eigenvalue weighted by atomic mass is 32.2. The number of non-ortho nitro benzene ring substituents is 1. The molecule has 122 valence electrons. The van der Waals surface area contributed by atoms with Crippen molar-refractivity contribution in [2.24, 2.45) is 7.05 Å². The van der Waals surface area contributed by atoms with Gasteiger partial charge in [0.15, 0.2) is 5.69 Å². The van der Waals surface area contributed by atoms with E-state index in [2.05, 4.69) is 5.10 Å². The van der Waals surface area contributed by atoms with Gasteiger partial charge in [0, 0.05) is 24.9 Å². The highest BCUT2D eigenvalue weighted by Gasteiger charge is 2.23. The SMILES string of the molecule is Cc1cc([N+](=O)[O-])ccc1S(=O)(=O)NC(=O)c1cc(C)n(C)n1. The van der Waals surface area contributed by atoms with Crippen molar-refractivity contribution >= 4 is 21.6 Å². The van der Waals surface area contributed by atoms with Gasteiger partial charge in [0.1, 0.15) is 0 Å². The van der Waals surface area contributed by atoms with E-state index >= 15 is 0 Å². The Hall–Kier alpha value is -2.75. The lowest BCUT2D eigenvalue weighted by Gasteiger charge is -2.08. The van der Waals surface area contributed by atoms with Crippen LogP contribution in [0.2, 0.25) is 0 Å². The van der Waals surface area contributed by atoms with Gasteiger partial charge in [-0.1, -0.05) is 0 Å². The van der Waals surface area contributed by atoms with Gasteiger partial charge in [-0.2, -0.15) is 5.10 Å². The number of nitro benzene ring substituents is 1. The van der Waals surface area contributed by atoms with E-state index in [1.165, 1.54) is 17.7 Å². The number of rotatable bonds is 4. The zero-order valence-electron chi connectivity index (χ0n) is 12.6. The molecule has 1 N–H and O–H groups in total. The molecule has 1 aromatic heterocycles. The van der Waals surface area contributed by atoms with Gasteiger partial charge < -0.3 is 0 Å². The molecule has 2 rings (SSSR count). The molecule has 0 saturated carbocycles. The average Bonchev–Trinajstić information content (AvgIpc) is 2.78. The van der Waals surface area contributed by atoms with E-state index in [-0.39, 0.29) is 21.8 Å². The number of aryl methyl sites for hydroxylation is 3. The van der Waals surface area contributed by atoms with Crippen molar-refractivity contribution in [2.75, 3.05) is 0 Å². The second-order valence-electron chi connectivity index (χ2n) is 4.94. The summed E-state index contributed by atoms with van der Waals surface area (Å²) in [6.07, 6.45) is 0. The van der Waals surface area contributed by atoms with Crippen LogP contribution in [-0.2, 0) is 17.1 Å². The Kier molecular flexibility index (Phi) is 4.19. The molecule has 0 saturated heterocycles. The first-order valence-corrected chi connectivity index (χ1v) is 7.93. The summed E-state index contributed by atoms with van der Waals surface area (Å²) < 4.78 is 27.9. The summed E-state index contributed by atoms with van der Waals surface area (Å²) in [6, 6.07) is 4.74. The normalized spacial score (nSPS) is 11.3. The van der Waals surface area contributed by atoms with Crippen molar-refractivity contribution in [1.82, 2.24) is 14.5 Å². The highest BCUT2D eigenvalue weighted by molar-refractivity contribution is 7.90. The minimum absolute atomic E-state index is 0.0341. The minimum Gasteiger partial charge on any atom is -0.272 e. The third-order valence-corrected chi connectivity index (χ3v) is 4.72. The van der Waals surface area contributed by atoms with Crippen LogP contribution in [0.1, 0.15) is 21.7 Å². The lowest BCUT2D eigenvalue weighted by Crippen LogP contribution is -2.31. The Morgan fingerprint density at radius 3 is 2.43 bits per heavy atom. The van der Waals surface area contributed by atoms with Crippen LogP contribution in [0.3, 0.4) is 0 Å². The molecule has 0 bridgehead atoms. The van der Waals surface area contributed by atoms with E-state index in [1.54, 1.807) is 14.0 Å². The van der Waals surface area contributed by atoms with Crippen LogP contribution in [0.5, 0.6) is 0 Å². The summed E-state index contributed by atoms with van der Waals surface area (Å²) >= 11 is 0. The zero-order valence-corrected chi connectivity index (χ0v) is 13.4. The summed E-state index contributed by atoms with van der Waals surface area (Å²) in [6.45, 7) is 3.13. The van der Waals surface area contributed by atoms with Crippen LogP contribution in [0, 0.1) is 24.0 Å². The summed E-state index contributed by atoms with van der Waals surface area (Å²) in [7, 11) is -2.53. The molecule has 0 fully saturated rings. The molecule has 23 heavy (non-hydrogen) atoms. The monoisotopic (exact) mass is 338 g/mol. The molecular weight excluding hydrogens is 324 g/mol. The van der Waals surface area contributed by atoms with Crippen LogP contribution in [0.25, 0.3) is 0 Å². The average molecular weight is 338 g/mol. The fourth-order valence-electron chi connectivity index (χ4n) is 1.95. The molecule has 1 aromatic carbocycles. The maximum atomic E-state index is 12.3. The first-order chi connectivity index (χ1) is 10.6. The molecule has 1 amide bonds. The largest absolute Gasteiger partial charge is 0.285 e. The van der Waals surface area contributed by atoms with Gasteiger partial charge in [0.05, 0.1) is 9.82 Å². The van der Waals surface area contributed by atoms with Crippen molar-refractivity contribution in [3.8, 4) is 0 Å². The van der Waals surface area contributed by atoms with Gasteiger partial charge >= 0.3 is 0 Å². The van der Waals surface area contributed by atoms with E-state index in [1.807, 2.05) is 4.72 Å². The zero-order chi connectivity index (χ0) is 17.4. The van der Waals surface area contributed by atoms with Gasteiger partial charge in [-0.05, 0) is 31.5 Å². The van der Waals surface area contributed by atoms with Gasteiger partial charge in [0.2, 0.25) is 0 Å². The number of nitro groups is 1. The van der Waals surface area contributed by atoms with Gasteiger partial charge in [-0.15, -0.1) is 0 Å². The van der Waals surface area contributed by atoms with Crippen LogP contribution in [-0.4, -0.2) is 29.0 Å². The van der Waals surface area contributed by atoms with Gasteiger partial charge in [0.25, 0.3) is 21.6 Å². The van der Waals surface area contributed by atoms with Crippen LogP contribution in [0.15, 0.2) is 29.2 Å². The molecule has 0 aliphatic rings. The highest BCUT2D eigenvalue weighted by Crippen LogP contribution is 2.21. The van der Waals surface area contributed by atoms with E-state index < -0.39 is 20.9 Å². The third-order valence-electron chi connectivity index (χ3n) is 3.23. The Labute approximate surface area is 132 Å². The fraction of sp³-hybridized carbons (Fsp3) is 0.231. The summed E-state index contributed by atoms with van der Waals surface area (Å²) in [5, 5.41) is 14.6. The Bertz CT molecular complexity index is 882. The molecule has 2 aromatic rings. The van der Waals surface area contributed by atoms with E-state index in [9.17, 15) is 23.3 Å². The first kappa shape index (κ1) is 16.6. The molecule has 10 heteroatoms. The molecule has 1 heterocycles. The topological polar surface area (TPSA) is 124 Å². The predicted molar refractivity (Wildman–Crippen MR) is 80.4 cm³/mol. The number of hydrogen-bond donors (Lipinski definition) is 1. The van der Waals surface area contributed by atoms with E-state index in [0.29, 0.717) is 5.69 Å². The lowest BCUT2D eigenvalue weighted by molar-refractivity contribution is -0.385. The van der Waals surface area contributed by atoms with E-state index in [0.717, 1.165) is 18.2 Å². The molecule has 0 aliphatic carbocycles. The molecular formula is C13H14N4O5S. The molecule has 0 spiro atoms. The second-order valence-corrected chi connectivity index (χ2v) is 6.59. The van der Waals surface area contributed by atoms with Crippen molar-refractivity contribution in [2.45, 2.75) is 18.7 Å². The number of carbonyl (C=O) groups excluding carboxylic acids is 1. The molecule has 0 unspecified atom stereocenters. The predicted octanol–water partition coefficient (Wildman–Crippen LogP) is 1.06. The van der Waals surface area contributed by atoms with Crippen molar-refractivity contribution in [3.63, 3.8) is 0 Å². The van der Waals surface area contributed by atoms with Crippen LogP contribution in [0.4, 0.5) is 5.69 Å². The minimum atomic E-state index is -4.16. The number of carbonyl (C=O) groups is 1. The maximum absolute atomic E-state index is 12.3. The molecule has 0 atom stereocenters. The van der Waals surface area contributed by atoms with Crippen molar-refractivity contribution in [3.05, 3.63) is 51.3 Å². The fourth-order valence-corrected chi connectivity index (χ4v) is 3.14. The number of hydrogen-bond acceptors (Lipinski definition) is 6. The standard InChI is InChI=1S/C13H14N4O5S/c1-8-6-10(17(19)20)4-5-12(8)23(21,22)15-13(18)11-7-9(2)16(3)14-11/h4-7H,1-3H3,(H,15,18). The number of nitrogens with zero attached hydrogens (tertiary/aromatic N) is 3. The maximum Gasteiger partial charge on any atom is 0.285 e. The quantitative estimate of drug-likeness (QED) is 0.656.